The molecule has 0 radical (unpaired) electrons. The fourth-order valence-electron chi connectivity index (χ4n) is 3.04. The molecule has 1 aromatic carbocycles. The van der Waals surface area contributed by atoms with Crippen LogP contribution in [0.1, 0.15) is 38.7 Å². The maximum absolute atomic E-state index is 12.2. The first kappa shape index (κ1) is 20.8. The normalized spacial score (nSPS) is 16.8. The standard InChI is InChI=1S/C20H29N7O2/c1-14(2)27(29)20-25-18(22-13-11-15-8-4-3-5-9-15)24-19(26-20)23-16-10-6-7-12-21-17(16)28/h3-5,8-9,14,16,29H,6-7,10-13H2,1-2H3,(H,21,28)(H2,22,23,24,25,26). The van der Waals surface area contributed by atoms with E-state index < -0.39 is 6.04 Å². The molecule has 1 saturated heterocycles. The van der Waals surface area contributed by atoms with E-state index in [1.54, 1.807) is 0 Å². The molecule has 1 aliphatic heterocycles. The number of hydrogen-bond donors (Lipinski definition) is 4. The number of rotatable bonds is 8. The molecule has 156 valence electrons. The van der Waals surface area contributed by atoms with Crippen molar-refractivity contribution in [3.05, 3.63) is 35.9 Å². The van der Waals surface area contributed by atoms with Crippen molar-refractivity contribution in [3.8, 4) is 0 Å². The highest BCUT2D eigenvalue weighted by Gasteiger charge is 2.23. The topological polar surface area (TPSA) is 115 Å². The molecule has 1 unspecified atom stereocenters. The summed E-state index contributed by atoms with van der Waals surface area (Å²) in [7, 11) is 0. The van der Waals surface area contributed by atoms with E-state index in [2.05, 4.69) is 43.0 Å². The Morgan fingerprint density at radius 1 is 1.17 bits per heavy atom. The van der Waals surface area contributed by atoms with E-state index in [-0.39, 0.29) is 23.8 Å². The maximum atomic E-state index is 12.2. The number of benzene rings is 1. The second kappa shape index (κ2) is 10.0. The third-order valence-electron chi connectivity index (χ3n) is 4.70. The summed E-state index contributed by atoms with van der Waals surface area (Å²) in [5.41, 5.74) is 1.20. The predicted molar refractivity (Wildman–Crippen MR) is 112 cm³/mol. The Morgan fingerprint density at radius 2 is 1.93 bits per heavy atom. The van der Waals surface area contributed by atoms with Crippen LogP contribution in [-0.4, -0.2) is 51.2 Å². The molecular weight excluding hydrogens is 370 g/mol. The Kier molecular flexibility index (Phi) is 7.18. The lowest BCUT2D eigenvalue weighted by molar-refractivity contribution is -0.121. The maximum Gasteiger partial charge on any atom is 0.256 e. The Morgan fingerprint density at radius 3 is 2.69 bits per heavy atom. The summed E-state index contributed by atoms with van der Waals surface area (Å²) in [5.74, 6) is 0.683. The molecule has 4 N–H and O–H groups in total. The fourth-order valence-corrected chi connectivity index (χ4v) is 3.04. The van der Waals surface area contributed by atoms with Gasteiger partial charge >= 0.3 is 0 Å². The first-order valence-electron chi connectivity index (χ1n) is 10.1. The number of anilines is 3. The highest BCUT2D eigenvalue weighted by Crippen LogP contribution is 2.17. The quantitative estimate of drug-likeness (QED) is 0.500. The van der Waals surface area contributed by atoms with Crippen molar-refractivity contribution < 1.29 is 10.0 Å². The third-order valence-corrected chi connectivity index (χ3v) is 4.70. The number of carbonyl (C=O) groups is 1. The summed E-state index contributed by atoms with van der Waals surface area (Å²) >= 11 is 0. The van der Waals surface area contributed by atoms with Gasteiger partial charge in [-0.15, -0.1) is 0 Å². The number of carbonyl (C=O) groups excluding carboxylic acids is 1. The second-order valence-electron chi connectivity index (χ2n) is 7.37. The lowest BCUT2D eigenvalue weighted by atomic mass is 10.1. The lowest BCUT2D eigenvalue weighted by Gasteiger charge is -2.21. The summed E-state index contributed by atoms with van der Waals surface area (Å²) in [6.07, 6.45) is 3.41. The summed E-state index contributed by atoms with van der Waals surface area (Å²) in [6.45, 7) is 4.98. The highest BCUT2D eigenvalue weighted by molar-refractivity contribution is 5.84. The Bertz CT molecular complexity index is 801. The van der Waals surface area contributed by atoms with Crippen LogP contribution in [0.5, 0.6) is 0 Å². The fraction of sp³-hybridized carbons (Fsp3) is 0.500. The van der Waals surface area contributed by atoms with E-state index in [4.69, 9.17) is 0 Å². The van der Waals surface area contributed by atoms with Gasteiger partial charge < -0.3 is 16.0 Å². The number of nitrogens with zero attached hydrogens (tertiary/aromatic N) is 4. The SMILES string of the molecule is CC(C)N(O)c1nc(NCCc2ccccc2)nc(NC2CCCCNC2=O)n1. The monoisotopic (exact) mass is 399 g/mol. The average molecular weight is 399 g/mol. The largest absolute Gasteiger partial charge is 0.354 e. The highest BCUT2D eigenvalue weighted by atomic mass is 16.5. The Hall–Kier alpha value is -2.94. The first-order chi connectivity index (χ1) is 14.0. The summed E-state index contributed by atoms with van der Waals surface area (Å²) < 4.78 is 0. The zero-order chi connectivity index (χ0) is 20.6. The molecule has 1 fully saturated rings. The average Bonchev–Trinajstić information content (AvgIpc) is 2.92. The van der Waals surface area contributed by atoms with Crippen molar-refractivity contribution in [2.45, 2.75) is 51.6 Å². The zero-order valence-electron chi connectivity index (χ0n) is 16.9. The van der Waals surface area contributed by atoms with E-state index in [0.29, 0.717) is 25.5 Å². The molecule has 0 aliphatic carbocycles. The van der Waals surface area contributed by atoms with Crippen LogP contribution in [0.2, 0.25) is 0 Å². The third kappa shape index (κ3) is 6.02. The first-order valence-corrected chi connectivity index (χ1v) is 10.1. The van der Waals surface area contributed by atoms with Crippen molar-refractivity contribution in [1.82, 2.24) is 20.3 Å². The second-order valence-corrected chi connectivity index (χ2v) is 7.37. The molecule has 3 rings (SSSR count). The molecule has 0 bridgehead atoms. The van der Waals surface area contributed by atoms with E-state index in [0.717, 1.165) is 24.3 Å². The van der Waals surface area contributed by atoms with E-state index in [9.17, 15) is 10.0 Å². The zero-order valence-corrected chi connectivity index (χ0v) is 16.9. The number of hydrogen-bond acceptors (Lipinski definition) is 8. The van der Waals surface area contributed by atoms with Crippen molar-refractivity contribution in [2.75, 3.05) is 28.8 Å². The number of nitrogens with one attached hydrogen (secondary N) is 3. The molecule has 0 saturated carbocycles. The van der Waals surface area contributed by atoms with Crippen molar-refractivity contribution >= 4 is 23.8 Å². The van der Waals surface area contributed by atoms with Gasteiger partial charge in [0.1, 0.15) is 6.04 Å². The van der Waals surface area contributed by atoms with Gasteiger partial charge in [-0.25, -0.2) is 5.06 Å². The molecule has 2 heterocycles. The Balaban J connectivity index is 1.74. The van der Waals surface area contributed by atoms with Crippen LogP contribution in [-0.2, 0) is 11.2 Å². The molecule has 0 spiro atoms. The van der Waals surface area contributed by atoms with Gasteiger partial charge in [-0.3, -0.25) is 10.0 Å². The summed E-state index contributed by atoms with van der Waals surface area (Å²) in [5, 5.41) is 20.5. The molecule has 2 aromatic rings. The minimum Gasteiger partial charge on any atom is -0.354 e. The van der Waals surface area contributed by atoms with Gasteiger partial charge in [0.2, 0.25) is 17.8 Å². The van der Waals surface area contributed by atoms with Gasteiger partial charge in [-0.1, -0.05) is 30.3 Å². The van der Waals surface area contributed by atoms with Crippen LogP contribution in [0.15, 0.2) is 30.3 Å². The summed E-state index contributed by atoms with van der Waals surface area (Å²) in [4.78, 5) is 25.3. The van der Waals surface area contributed by atoms with Crippen LogP contribution in [0.25, 0.3) is 0 Å². The van der Waals surface area contributed by atoms with Gasteiger partial charge in [0.15, 0.2) is 0 Å². The van der Waals surface area contributed by atoms with Crippen LogP contribution in [0, 0.1) is 0 Å². The molecule has 1 amide bonds. The van der Waals surface area contributed by atoms with E-state index in [1.807, 2.05) is 32.0 Å². The van der Waals surface area contributed by atoms with Crippen LogP contribution >= 0.6 is 0 Å². The smallest absolute Gasteiger partial charge is 0.256 e. The number of aromatic nitrogens is 3. The predicted octanol–water partition coefficient (Wildman–Crippen LogP) is 2.21. The molecule has 29 heavy (non-hydrogen) atoms. The van der Waals surface area contributed by atoms with Crippen LogP contribution in [0.4, 0.5) is 17.8 Å². The van der Waals surface area contributed by atoms with Crippen molar-refractivity contribution in [2.24, 2.45) is 0 Å². The number of amides is 1. The molecule has 1 aliphatic rings. The summed E-state index contributed by atoms with van der Waals surface area (Å²) in [6, 6.07) is 9.50. The van der Waals surface area contributed by atoms with Gasteiger partial charge in [0.25, 0.3) is 5.95 Å². The van der Waals surface area contributed by atoms with Gasteiger partial charge in [-0.2, -0.15) is 15.0 Å². The minimum absolute atomic E-state index is 0.0623. The molecule has 1 atom stereocenters. The molecule has 9 heteroatoms. The van der Waals surface area contributed by atoms with Crippen molar-refractivity contribution in [1.29, 1.82) is 0 Å². The minimum atomic E-state index is -0.406. The van der Waals surface area contributed by atoms with Crippen LogP contribution in [0.3, 0.4) is 0 Å². The lowest BCUT2D eigenvalue weighted by Crippen LogP contribution is -2.38. The van der Waals surface area contributed by atoms with E-state index >= 15 is 0 Å². The number of hydroxylamine groups is 1. The molecule has 1 aromatic heterocycles. The van der Waals surface area contributed by atoms with Gasteiger partial charge in [0.05, 0.1) is 6.04 Å². The molecular formula is C20H29N7O2. The van der Waals surface area contributed by atoms with Crippen LogP contribution < -0.4 is 21.0 Å². The van der Waals surface area contributed by atoms with Gasteiger partial charge in [0, 0.05) is 13.1 Å². The molecule has 9 nitrogen and oxygen atoms in total. The Labute approximate surface area is 170 Å². The van der Waals surface area contributed by atoms with Crippen molar-refractivity contribution in [3.63, 3.8) is 0 Å². The van der Waals surface area contributed by atoms with E-state index in [1.165, 1.54) is 5.56 Å². The van der Waals surface area contributed by atoms with Gasteiger partial charge in [-0.05, 0) is 45.1 Å².